The van der Waals surface area contributed by atoms with Crippen LogP contribution in [0.1, 0.15) is 35.1 Å². The van der Waals surface area contributed by atoms with E-state index in [0.29, 0.717) is 25.2 Å². The molecule has 6 nitrogen and oxygen atoms in total. The van der Waals surface area contributed by atoms with Crippen molar-refractivity contribution in [2.75, 3.05) is 13.2 Å². The SMILES string of the molecule is O=C(O)COc1cccc2c1CCC=C2CCON=C(Cc1ccccc1)c1cccnc1. The van der Waals surface area contributed by atoms with Crippen molar-refractivity contribution >= 4 is 17.3 Å². The van der Waals surface area contributed by atoms with Crippen molar-refractivity contribution in [3.05, 3.63) is 101 Å². The fourth-order valence-electron chi connectivity index (χ4n) is 3.93. The molecular formula is C27H26N2O4. The van der Waals surface area contributed by atoms with Crippen LogP contribution in [0.15, 0.2) is 84.3 Å². The lowest BCUT2D eigenvalue weighted by Gasteiger charge is -2.20. The molecule has 0 unspecified atom stereocenters. The van der Waals surface area contributed by atoms with Crippen LogP contribution in [0.4, 0.5) is 0 Å². The number of rotatable bonds is 10. The van der Waals surface area contributed by atoms with E-state index in [1.54, 1.807) is 12.4 Å². The maximum atomic E-state index is 10.9. The van der Waals surface area contributed by atoms with Crippen molar-refractivity contribution < 1.29 is 19.5 Å². The standard InChI is InChI=1S/C27H26N2O4/c30-27(31)19-32-26-13-5-11-23-21(9-4-12-24(23)26)14-16-33-29-25(22-10-6-15-28-18-22)17-20-7-2-1-3-8-20/h1-3,5-11,13,15,18H,4,12,14,16-17,19H2,(H,30,31). The number of carboxylic acids is 1. The van der Waals surface area contributed by atoms with Gasteiger partial charge in [-0.1, -0.05) is 53.7 Å². The first-order chi connectivity index (χ1) is 16.2. The molecule has 0 saturated heterocycles. The first kappa shape index (κ1) is 22.3. The quantitative estimate of drug-likeness (QED) is 0.274. The molecule has 2 aromatic carbocycles. The third kappa shape index (κ3) is 6.07. The molecule has 1 aromatic heterocycles. The topological polar surface area (TPSA) is 81.0 Å². The predicted molar refractivity (Wildman–Crippen MR) is 127 cm³/mol. The zero-order valence-electron chi connectivity index (χ0n) is 18.3. The molecule has 1 N–H and O–H groups in total. The maximum absolute atomic E-state index is 10.9. The number of carboxylic acid groups (broad SMARTS) is 1. The highest BCUT2D eigenvalue weighted by Crippen LogP contribution is 2.34. The van der Waals surface area contributed by atoms with Crippen molar-refractivity contribution in [1.29, 1.82) is 0 Å². The summed E-state index contributed by atoms with van der Waals surface area (Å²) in [6, 6.07) is 19.8. The van der Waals surface area contributed by atoms with Crippen LogP contribution in [0, 0.1) is 0 Å². The number of hydrogen-bond acceptors (Lipinski definition) is 5. The van der Waals surface area contributed by atoms with Crippen molar-refractivity contribution in [2.45, 2.75) is 25.7 Å². The van der Waals surface area contributed by atoms with Crippen LogP contribution >= 0.6 is 0 Å². The van der Waals surface area contributed by atoms with E-state index in [9.17, 15) is 4.79 Å². The number of benzene rings is 2. The number of carbonyl (C=O) groups is 1. The van der Waals surface area contributed by atoms with Crippen molar-refractivity contribution in [1.82, 2.24) is 4.98 Å². The molecular weight excluding hydrogens is 416 g/mol. The van der Waals surface area contributed by atoms with Gasteiger partial charge in [-0.2, -0.15) is 0 Å². The summed E-state index contributed by atoms with van der Waals surface area (Å²) >= 11 is 0. The maximum Gasteiger partial charge on any atom is 0.341 e. The second-order valence-electron chi connectivity index (χ2n) is 7.76. The Labute approximate surface area is 193 Å². The molecule has 33 heavy (non-hydrogen) atoms. The van der Waals surface area contributed by atoms with Crippen LogP contribution in [0.5, 0.6) is 5.75 Å². The van der Waals surface area contributed by atoms with Gasteiger partial charge in [0.25, 0.3) is 0 Å². The highest BCUT2D eigenvalue weighted by molar-refractivity contribution is 6.01. The van der Waals surface area contributed by atoms with Crippen LogP contribution in [-0.2, 0) is 22.5 Å². The van der Waals surface area contributed by atoms with Gasteiger partial charge in [-0.05, 0) is 47.7 Å². The monoisotopic (exact) mass is 442 g/mol. The Hall–Kier alpha value is -3.93. The number of aromatic nitrogens is 1. The summed E-state index contributed by atoms with van der Waals surface area (Å²) in [6.45, 7) is 0.0932. The Morgan fingerprint density at radius 1 is 1.06 bits per heavy atom. The summed E-state index contributed by atoms with van der Waals surface area (Å²) in [7, 11) is 0. The minimum Gasteiger partial charge on any atom is -0.482 e. The van der Waals surface area contributed by atoms with Gasteiger partial charge in [0.2, 0.25) is 0 Å². The fraction of sp³-hybridized carbons (Fsp3) is 0.222. The molecule has 0 spiro atoms. The number of nitrogens with zero attached hydrogens (tertiary/aromatic N) is 2. The minimum absolute atomic E-state index is 0.341. The van der Waals surface area contributed by atoms with Crippen LogP contribution in [0.2, 0.25) is 0 Å². The second kappa shape index (κ2) is 11.1. The second-order valence-corrected chi connectivity index (χ2v) is 7.76. The summed E-state index contributed by atoms with van der Waals surface area (Å²) < 4.78 is 5.49. The number of hydrogen-bond donors (Lipinski definition) is 1. The minimum atomic E-state index is -0.981. The number of allylic oxidation sites excluding steroid dienone is 1. The van der Waals surface area contributed by atoms with Gasteiger partial charge in [0.15, 0.2) is 6.61 Å². The molecule has 0 fully saturated rings. The fourth-order valence-corrected chi connectivity index (χ4v) is 3.93. The van der Waals surface area contributed by atoms with E-state index in [0.717, 1.165) is 40.8 Å². The molecule has 168 valence electrons. The van der Waals surface area contributed by atoms with Crippen molar-refractivity contribution in [3.63, 3.8) is 0 Å². The van der Waals surface area contributed by atoms with Gasteiger partial charge < -0.3 is 14.7 Å². The molecule has 0 aliphatic heterocycles. The average Bonchev–Trinajstić information content (AvgIpc) is 2.85. The third-order valence-electron chi connectivity index (χ3n) is 5.46. The normalized spacial score (nSPS) is 13.1. The van der Waals surface area contributed by atoms with Gasteiger partial charge in [0, 0.05) is 36.4 Å². The van der Waals surface area contributed by atoms with Gasteiger partial charge >= 0.3 is 5.97 Å². The molecule has 3 aromatic rings. The Morgan fingerprint density at radius 2 is 1.94 bits per heavy atom. The molecule has 0 bridgehead atoms. The van der Waals surface area contributed by atoms with Gasteiger partial charge in [-0.25, -0.2) is 4.79 Å². The van der Waals surface area contributed by atoms with Crippen LogP contribution < -0.4 is 4.74 Å². The lowest BCUT2D eigenvalue weighted by molar-refractivity contribution is -0.139. The molecule has 0 saturated carbocycles. The summed E-state index contributed by atoms with van der Waals surface area (Å²) in [6.07, 6.45) is 8.81. The lowest BCUT2D eigenvalue weighted by Crippen LogP contribution is -2.12. The summed E-state index contributed by atoms with van der Waals surface area (Å²) in [5, 5.41) is 13.4. The number of oxime groups is 1. The number of pyridine rings is 1. The zero-order valence-corrected chi connectivity index (χ0v) is 18.3. The average molecular weight is 443 g/mol. The van der Waals surface area contributed by atoms with Crippen molar-refractivity contribution in [3.8, 4) is 5.75 Å². The molecule has 0 atom stereocenters. The van der Waals surface area contributed by atoms with Crippen LogP contribution in [0.25, 0.3) is 5.57 Å². The van der Waals surface area contributed by atoms with E-state index < -0.39 is 5.97 Å². The number of ether oxygens (including phenoxy) is 1. The lowest BCUT2D eigenvalue weighted by atomic mass is 9.89. The molecule has 1 aliphatic carbocycles. The third-order valence-corrected chi connectivity index (χ3v) is 5.46. The van der Waals surface area contributed by atoms with Crippen LogP contribution in [0.3, 0.4) is 0 Å². The van der Waals surface area contributed by atoms with Gasteiger partial charge in [-0.3, -0.25) is 4.98 Å². The Kier molecular flexibility index (Phi) is 7.48. The molecule has 6 heteroatoms. The van der Waals surface area contributed by atoms with E-state index in [-0.39, 0.29) is 6.61 Å². The number of aliphatic carboxylic acids is 1. The number of fused-ring (bicyclic) bond motifs is 1. The largest absolute Gasteiger partial charge is 0.482 e. The summed E-state index contributed by atoms with van der Waals surface area (Å²) in [4.78, 5) is 20.9. The first-order valence-electron chi connectivity index (χ1n) is 11.0. The molecule has 1 aliphatic rings. The Morgan fingerprint density at radius 3 is 2.73 bits per heavy atom. The van der Waals surface area contributed by atoms with E-state index in [1.165, 1.54) is 5.57 Å². The van der Waals surface area contributed by atoms with E-state index in [1.807, 2.05) is 48.5 Å². The van der Waals surface area contributed by atoms with Crippen LogP contribution in [-0.4, -0.2) is 35.0 Å². The van der Waals surface area contributed by atoms with E-state index >= 15 is 0 Å². The molecule has 4 rings (SSSR count). The smallest absolute Gasteiger partial charge is 0.341 e. The summed E-state index contributed by atoms with van der Waals surface area (Å²) in [5.41, 5.74) is 6.23. The van der Waals surface area contributed by atoms with E-state index in [4.69, 9.17) is 14.7 Å². The molecule has 0 amide bonds. The highest BCUT2D eigenvalue weighted by Gasteiger charge is 2.17. The van der Waals surface area contributed by atoms with Gasteiger partial charge in [-0.15, -0.1) is 0 Å². The van der Waals surface area contributed by atoms with Crippen molar-refractivity contribution in [2.24, 2.45) is 5.16 Å². The Balaban J connectivity index is 1.43. The molecule has 0 radical (unpaired) electrons. The van der Waals surface area contributed by atoms with E-state index in [2.05, 4.69) is 28.3 Å². The first-order valence-corrected chi connectivity index (χ1v) is 11.0. The Bertz CT molecular complexity index is 1140. The van der Waals surface area contributed by atoms with Gasteiger partial charge in [0.05, 0.1) is 5.71 Å². The predicted octanol–water partition coefficient (Wildman–Crippen LogP) is 4.93. The highest BCUT2D eigenvalue weighted by atomic mass is 16.6. The molecule has 1 heterocycles. The zero-order chi connectivity index (χ0) is 22.9. The summed E-state index contributed by atoms with van der Waals surface area (Å²) in [5.74, 6) is -0.341. The van der Waals surface area contributed by atoms with Gasteiger partial charge in [0.1, 0.15) is 12.4 Å².